The molecule has 0 bridgehead atoms. The van der Waals surface area contributed by atoms with Crippen LogP contribution in [0.1, 0.15) is 442 Å². The Hall–Kier alpha value is -7.03. The molecule has 0 heterocycles. The van der Waals surface area contributed by atoms with Crippen LogP contribution in [-0.2, 0) is 34.9 Å². The number of nitrogens with zero attached hydrogens (tertiary/aromatic N) is 5. The van der Waals surface area contributed by atoms with E-state index in [1.165, 1.54) is 158 Å². The molecule has 0 aliphatic rings. The molecule has 794 valence electrons. The average Bonchev–Trinajstić information content (AvgIpc) is 0.841. The van der Waals surface area contributed by atoms with Gasteiger partial charge in [0, 0.05) is 64.7 Å². The molecule has 1 rings (SSSR count). The fourth-order valence-corrected chi connectivity index (χ4v) is 13.9. The summed E-state index contributed by atoms with van der Waals surface area (Å²) in [6.07, 6.45) is 69.0. The van der Waals surface area contributed by atoms with Gasteiger partial charge in [0.15, 0.2) is 8.32 Å². The van der Waals surface area contributed by atoms with Gasteiger partial charge in [-0.1, -0.05) is 283 Å². The Balaban J connectivity index is -0.000000230. The van der Waals surface area contributed by atoms with Crippen LogP contribution in [-0.4, -0.2) is 112 Å². The van der Waals surface area contributed by atoms with E-state index in [0.717, 1.165) is 179 Å². The summed E-state index contributed by atoms with van der Waals surface area (Å²) in [6, 6.07) is 10.3. The van der Waals surface area contributed by atoms with Crippen molar-refractivity contribution in [2.24, 2.45) is 11.0 Å². The van der Waals surface area contributed by atoms with Gasteiger partial charge in [0.1, 0.15) is 6.61 Å². The van der Waals surface area contributed by atoms with E-state index in [1.807, 2.05) is 69.6 Å². The van der Waals surface area contributed by atoms with Crippen LogP contribution >= 0.6 is 11.8 Å². The van der Waals surface area contributed by atoms with Crippen LogP contribution in [0.4, 0.5) is 0 Å². The minimum atomic E-state index is -1.59. The third-order valence-corrected chi connectivity index (χ3v) is 30.6. The number of aliphatic hydroxyl groups is 1. The Bertz CT molecular complexity index is 3840. The average molecular weight is 1950 g/mol. The van der Waals surface area contributed by atoms with Crippen molar-refractivity contribution in [3.63, 3.8) is 0 Å². The number of hydrogen-bond acceptors (Lipinski definition) is 9. The van der Waals surface area contributed by atoms with Crippen LogP contribution < -0.4 is 0 Å². The molecular formula is C124H221N5O7SSi. The van der Waals surface area contributed by atoms with Crippen molar-refractivity contribution in [2.75, 3.05) is 64.6 Å². The van der Waals surface area contributed by atoms with E-state index in [1.54, 1.807) is 18.7 Å². The molecule has 2 unspecified atom stereocenters. The summed E-state index contributed by atoms with van der Waals surface area (Å²) < 4.78 is 16.7. The number of allylic oxidation sites excluding steroid dienone is 30. The van der Waals surface area contributed by atoms with Gasteiger partial charge in [-0.25, -0.2) is 0 Å². The molecule has 1 aromatic carbocycles. The van der Waals surface area contributed by atoms with E-state index in [2.05, 4.69) is 346 Å². The molecule has 14 heteroatoms. The Labute approximate surface area is 862 Å². The first-order valence-corrected chi connectivity index (χ1v) is 57.1. The molecule has 2 amide bonds. The molecular weight excluding hydrogens is 1730 g/mol. The third kappa shape index (κ3) is 108. The zero-order valence-electron chi connectivity index (χ0n) is 97.8. The lowest BCUT2D eigenvalue weighted by atomic mass is 9.92. The third-order valence-electron chi connectivity index (χ3n) is 24.7. The first-order valence-electron chi connectivity index (χ1n) is 53.0. The topological polar surface area (TPSA) is 154 Å². The second kappa shape index (κ2) is 101. The molecule has 0 aliphatic carbocycles. The molecule has 12 nitrogen and oxygen atoms in total. The van der Waals surface area contributed by atoms with Crippen LogP contribution in [0.25, 0.3) is 10.4 Å². The molecule has 0 saturated carbocycles. The summed E-state index contributed by atoms with van der Waals surface area (Å²) in [5, 5.41) is 13.2. The number of ether oxygens (including phenoxy) is 2. The lowest BCUT2D eigenvalue weighted by Gasteiger charge is -2.36. The van der Waals surface area contributed by atoms with E-state index < -0.39 is 8.32 Å². The number of azide groups is 1. The van der Waals surface area contributed by atoms with Gasteiger partial charge >= 0.3 is 5.97 Å². The number of carbonyl (C=O) groups is 3. The van der Waals surface area contributed by atoms with Gasteiger partial charge in [0.2, 0.25) is 11.8 Å². The SMILES string of the molecule is C/C=C(\C)C(CC)C/C=C(\C)CCC=C(C)C.C/C=C(\C)CC/C=C(\C)CCC(O)CC.C/C=C(\C)CC/C=C(\C)CCCN(C)C(C)=O.C/C=C(\C)CC/C=C(\C)COC(C)=O.C/C=C(\C)CC/C=C(\C)COCc1ccccc1.C/C=C(\C)CC/C=C(\C)CO[Si](C)(C)C(C)(C)C.C/C=C(\C)CC/C=C(\C)CSCCC.C/C=C(\C)CCCN(CCCC)C(C)=O.C/C=C(\C)CCCN=[N+]=[N-]. The number of hydrogen-bond donors (Lipinski definition) is 1. The van der Waals surface area contributed by atoms with Gasteiger partial charge in [0.05, 0.1) is 25.9 Å². The number of thioether (sulfide) groups is 1. The second-order valence-corrected chi connectivity index (χ2v) is 45.3. The van der Waals surface area contributed by atoms with Crippen molar-refractivity contribution in [1.29, 1.82) is 0 Å². The smallest absolute Gasteiger partial charge is 0.302 e. The Morgan fingerprint density at radius 3 is 1.20 bits per heavy atom. The Morgan fingerprint density at radius 2 is 0.819 bits per heavy atom. The van der Waals surface area contributed by atoms with Crippen molar-refractivity contribution >= 4 is 37.9 Å². The summed E-state index contributed by atoms with van der Waals surface area (Å²) in [5.41, 5.74) is 33.3. The van der Waals surface area contributed by atoms with E-state index in [0.29, 0.717) is 24.8 Å². The molecule has 0 aliphatic heterocycles. The molecule has 0 aromatic heterocycles. The fraction of sp³-hybridized carbons (Fsp3) is 0.653. The van der Waals surface area contributed by atoms with E-state index >= 15 is 0 Å². The molecule has 0 fully saturated rings. The maximum atomic E-state index is 11.3. The van der Waals surface area contributed by atoms with Crippen LogP contribution in [0.15, 0.2) is 233 Å². The monoisotopic (exact) mass is 1950 g/mol. The predicted octanol–water partition coefficient (Wildman–Crippen LogP) is 39.3. The van der Waals surface area contributed by atoms with Crippen molar-refractivity contribution in [3.8, 4) is 0 Å². The minimum Gasteiger partial charge on any atom is -0.461 e. The van der Waals surface area contributed by atoms with Crippen LogP contribution in [0.2, 0.25) is 18.1 Å². The van der Waals surface area contributed by atoms with E-state index in [-0.39, 0.29) is 23.9 Å². The highest BCUT2D eigenvalue weighted by Gasteiger charge is 2.37. The number of benzene rings is 1. The Kier molecular flexibility index (Phi) is 108. The largest absolute Gasteiger partial charge is 0.461 e. The number of amides is 2. The minimum absolute atomic E-state index is 0.120. The number of unbranched alkanes of at least 4 members (excludes halogenated alkanes) is 1. The lowest BCUT2D eigenvalue weighted by molar-refractivity contribution is -0.140. The van der Waals surface area contributed by atoms with Gasteiger partial charge in [-0.05, 0) is 407 Å². The standard InChI is InChI=1S/C17H24O.C17H30.C16H32OSi.C15H27NO.C14H26O.C13H25NO.C13H24S.C12H20O2.C7H13N3/c1-4-15(2)9-8-10-16(3)13-18-14-17-11-6-5-7-12-17;1-7-16(6)17(8-2)13-12-15(5)11-9-10-14(3)4;1-9-14(2)11-10-12-15(3)13-17-18(7,8)16(4,5)6;1-6-13(2)9-7-10-14(3)11-8-12-16(5)15(4)17;1-5-12(3)8-7-9-13(4)10-11-14(15)6-2;1-5-7-10-14(13(4)15)11-8-9-12(3)6-2;1-5-10-14-11-13(4)9-7-8-12(3)6-2;1-5-10(2)7-6-8-11(3)9-14-12(4)13;1-3-7(2)5-4-6-9-10-8/h4-7,10-12H,8-9,13-14H2,1-3H3;7,10,12,17H,8-9,11,13H2,1-6H3;9,12H,10-11,13H2,1-8H3;6,10H,7-9,11-12H2,1-5H3;5,9,14-15H,6-8,10-11H2,1-4H3;6H,5,7-11H2,1-4H3;6,9H,5,7-8,10-11H2,1-4H3;5,8H,6-7,9H2,1-4H3;3H,4-6H2,1-2H3/b15-4+,16-10+;15-12+,16-7+;14-9+,15-12+;13-6+,14-10+;12-5+,13-9+;12-6+;12-6+,13-9+;10-5+,11-8+;7-3+. The van der Waals surface area contributed by atoms with Gasteiger partial charge in [-0.2, -0.15) is 11.8 Å². The lowest BCUT2D eigenvalue weighted by Crippen LogP contribution is -2.41. The summed E-state index contributed by atoms with van der Waals surface area (Å²) in [4.78, 5) is 39.2. The highest BCUT2D eigenvalue weighted by molar-refractivity contribution is 7.99. The van der Waals surface area contributed by atoms with Crippen molar-refractivity contribution < 1.29 is 33.4 Å². The number of esters is 1. The normalized spacial score (nSPS) is 13.4. The maximum Gasteiger partial charge on any atom is 0.302 e. The predicted molar refractivity (Wildman–Crippen MR) is 625 cm³/mol. The van der Waals surface area contributed by atoms with Crippen LogP contribution in [0.5, 0.6) is 0 Å². The number of aliphatic hydroxyl groups excluding tert-OH is 1. The van der Waals surface area contributed by atoms with Crippen LogP contribution in [0, 0.1) is 5.92 Å². The number of rotatable bonds is 57. The highest BCUT2D eigenvalue weighted by Crippen LogP contribution is 2.37. The van der Waals surface area contributed by atoms with Gasteiger partial charge < -0.3 is 28.8 Å². The van der Waals surface area contributed by atoms with Gasteiger partial charge in [-0.15, -0.1) is 0 Å². The molecule has 0 radical (unpaired) electrons. The first kappa shape index (κ1) is 146. The fourth-order valence-electron chi connectivity index (χ4n) is 12.0. The number of carbonyl (C=O) groups excluding carboxylic acids is 3. The molecule has 138 heavy (non-hydrogen) atoms. The van der Waals surface area contributed by atoms with E-state index in [4.69, 9.17) is 19.4 Å². The van der Waals surface area contributed by atoms with Crippen molar-refractivity contribution in [3.05, 3.63) is 244 Å². The van der Waals surface area contributed by atoms with Crippen molar-refractivity contribution in [2.45, 2.75) is 467 Å². The van der Waals surface area contributed by atoms with Crippen molar-refractivity contribution in [1.82, 2.24) is 9.80 Å². The molecule has 1 aromatic rings. The first-order chi connectivity index (χ1) is 65.1. The maximum absolute atomic E-state index is 11.3. The summed E-state index contributed by atoms with van der Waals surface area (Å²) >= 11 is 2.04. The molecule has 2 atom stereocenters. The van der Waals surface area contributed by atoms with Crippen LogP contribution in [0.3, 0.4) is 0 Å². The molecule has 0 saturated heterocycles. The molecule has 1 N–H and O–H groups in total. The summed E-state index contributed by atoms with van der Waals surface area (Å²) in [7, 11) is 0.270. The van der Waals surface area contributed by atoms with Gasteiger partial charge in [0.25, 0.3) is 0 Å². The highest BCUT2D eigenvalue weighted by atomic mass is 32.2. The zero-order valence-corrected chi connectivity index (χ0v) is 99.6. The quantitative estimate of drug-likeness (QED) is 0.0129. The summed E-state index contributed by atoms with van der Waals surface area (Å²) in [6.45, 7) is 88.5. The zero-order chi connectivity index (χ0) is 107. The second-order valence-electron chi connectivity index (χ2n) is 39.4. The summed E-state index contributed by atoms with van der Waals surface area (Å²) in [5.74, 6) is 3.37. The molecule has 0 spiro atoms. The van der Waals surface area contributed by atoms with E-state index in [9.17, 15) is 19.5 Å². The Morgan fingerprint density at radius 1 is 0.442 bits per heavy atom. The van der Waals surface area contributed by atoms with Gasteiger partial charge in [-0.3, -0.25) is 14.4 Å².